The molecule has 44 heavy (non-hydrogen) atoms. The monoisotopic (exact) mass is 563 g/mol. The van der Waals surface area contributed by atoms with Crippen LogP contribution in [0.2, 0.25) is 0 Å². The van der Waals surface area contributed by atoms with Crippen molar-refractivity contribution >= 4 is 50.9 Å². The molecular formula is C40H26BNO2. The average Bonchev–Trinajstić information content (AvgIpc) is 3.09. The second-order valence-corrected chi connectivity index (χ2v) is 11.3. The van der Waals surface area contributed by atoms with E-state index in [1.165, 1.54) is 22.0 Å². The third kappa shape index (κ3) is 3.85. The Morgan fingerprint density at radius 1 is 0.409 bits per heavy atom. The highest BCUT2D eigenvalue weighted by atomic mass is 16.5. The summed E-state index contributed by atoms with van der Waals surface area (Å²) in [5.41, 5.74) is 9.00. The molecule has 4 heteroatoms. The highest BCUT2D eigenvalue weighted by Crippen LogP contribution is 2.43. The molecule has 2 aliphatic rings. The van der Waals surface area contributed by atoms with Gasteiger partial charge in [0.05, 0.1) is 5.69 Å². The molecule has 0 saturated carbocycles. The van der Waals surface area contributed by atoms with E-state index in [0.717, 1.165) is 56.4 Å². The smallest absolute Gasteiger partial charge is 0.261 e. The quantitative estimate of drug-likeness (QED) is 0.200. The van der Waals surface area contributed by atoms with Crippen LogP contribution in [0.3, 0.4) is 0 Å². The summed E-state index contributed by atoms with van der Waals surface area (Å²) in [6.45, 7) is -0.0433. The Hall–Kier alpha value is -5.74. The van der Waals surface area contributed by atoms with Gasteiger partial charge in [-0.1, -0.05) is 109 Å². The maximum Gasteiger partial charge on any atom is 0.261 e. The fourth-order valence-electron chi connectivity index (χ4n) is 6.86. The second-order valence-electron chi connectivity index (χ2n) is 11.3. The van der Waals surface area contributed by atoms with Crippen molar-refractivity contribution in [2.45, 2.75) is 0 Å². The minimum atomic E-state index is -0.0433. The van der Waals surface area contributed by atoms with Gasteiger partial charge in [-0.2, -0.15) is 0 Å². The first-order valence-electron chi connectivity index (χ1n) is 15.0. The molecule has 0 spiro atoms. The summed E-state index contributed by atoms with van der Waals surface area (Å²) in [6, 6.07) is 55.3. The fourth-order valence-corrected chi connectivity index (χ4v) is 6.86. The van der Waals surface area contributed by atoms with Crippen molar-refractivity contribution in [1.82, 2.24) is 0 Å². The molecule has 0 fully saturated rings. The minimum Gasteiger partial charge on any atom is -0.458 e. The molecule has 0 aromatic heterocycles. The number of hydrogen-bond donors (Lipinski definition) is 0. The van der Waals surface area contributed by atoms with Crippen molar-refractivity contribution < 1.29 is 9.47 Å². The lowest BCUT2D eigenvalue weighted by Gasteiger charge is -2.35. The SMILES string of the molecule is c1ccc(-c2ccc3c(c2)B2c4c(cccc4Oc4cc(N(c5ccccc5)c5ccccc5)c5ccccc5c42)O3)cc1. The summed E-state index contributed by atoms with van der Waals surface area (Å²) in [5, 5.41) is 2.33. The van der Waals surface area contributed by atoms with Crippen molar-refractivity contribution in [1.29, 1.82) is 0 Å². The van der Waals surface area contributed by atoms with Gasteiger partial charge in [0.1, 0.15) is 23.0 Å². The van der Waals surface area contributed by atoms with Crippen LogP contribution in [0, 0.1) is 0 Å². The highest BCUT2D eigenvalue weighted by molar-refractivity contribution is 6.99. The first-order chi connectivity index (χ1) is 21.8. The van der Waals surface area contributed by atoms with Crippen LogP contribution < -0.4 is 30.8 Å². The Balaban J connectivity index is 1.32. The highest BCUT2D eigenvalue weighted by Gasteiger charge is 2.41. The lowest BCUT2D eigenvalue weighted by atomic mass is 9.34. The van der Waals surface area contributed by atoms with Crippen LogP contribution in [0.1, 0.15) is 0 Å². The van der Waals surface area contributed by atoms with Crippen molar-refractivity contribution in [3.8, 4) is 34.1 Å². The van der Waals surface area contributed by atoms with Gasteiger partial charge in [-0.25, -0.2) is 0 Å². The maximum atomic E-state index is 6.82. The molecule has 0 amide bonds. The number of hydrogen-bond acceptors (Lipinski definition) is 3. The van der Waals surface area contributed by atoms with Crippen molar-refractivity contribution in [2.75, 3.05) is 4.90 Å². The van der Waals surface area contributed by atoms with E-state index in [0.29, 0.717) is 0 Å². The van der Waals surface area contributed by atoms with Crippen LogP contribution in [-0.2, 0) is 0 Å². The van der Waals surface area contributed by atoms with Crippen LogP contribution in [0.5, 0.6) is 23.0 Å². The first-order valence-corrected chi connectivity index (χ1v) is 15.0. The lowest BCUT2D eigenvalue weighted by molar-refractivity contribution is 0.465. The Bertz CT molecular complexity index is 2140. The molecule has 3 nitrogen and oxygen atoms in total. The Morgan fingerprint density at radius 2 is 1.00 bits per heavy atom. The molecule has 0 N–H and O–H groups in total. The molecule has 0 bridgehead atoms. The van der Waals surface area contributed by atoms with Gasteiger partial charge in [-0.15, -0.1) is 0 Å². The normalized spacial score (nSPS) is 12.4. The van der Waals surface area contributed by atoms with E-state index in [1.807, 2.05) is 6.07 Å². The Kier molecular flexibility index (Phi) is 5.60. The molecule has 206 valence electrons. The van der Waals surface area contributed by atoms with E-state index in [2.05, 4.69) is 157 Å². The Morgan fingerprint density at radius 3 is 1.68 bits per heavy atom. The average molecular weight is 563 g/mol. The van der Waals surface area contributed by atoms with Crippen molar-refractivity contribution in [3.05, 3.63) is 158 Å². The maximum absolute atomic E-state index is 6.82. The number of ether oxygens (including phenoxy) is 2. The van der Waals surface area contributed by atoms with E-state index in [9.17, 15) is 0 Å². The van der Waals surface area contributed by atoms with E-state index >= 15 is 0 Å². The second kappa shape index (κ2) is 9.93. The summed E-state index contributed by atoms with van der Waals surface area (Å²) in [4.78, 5) is 2.32. The minimum absolute atomic E-state index is 0.0433. The lowest BCUT2D eigenvalue weighted by Crippen LogP contribution is -2.57. The van der Waals surface area contributed by atoms with Gasteiger partial charge in [0.25, 0.3) is 6.71 Å². The number of para-hydroxylation sites is 2. The molecule has 0 atom stereocenters. The number of rotatable bonds is 4. The van der Waals surface area contributed by atoms with Gasteiger partial charge in [0.15, 0.2) is 0 Å². The molecular weight excluding hydrogens is 537 g/mol. The first kappa shape index (κ1) is 24.8. The summed E-state index contributed by atoms with van der Waals surface area (Å²) in [7, 11) is 0. The summed E-state index contributed by atoms with van der Waals surface area (Å²) >= 11 is 0. The standard InChI is InChI=1S/C40H26BNO2/c1-4-13-27(14-5-1)28-23-24-35-33(25-28)41-39-32-20-11-10-19-31(32)34(26-38(39)44-37-22-12-21-36(43-35)40(37)41)42(29-15-6-2-7-16-29)30-17-8-3-9-18-30/h1-26H. The van der Waals surface area contributed by atoms with Crippen LogP contribution in [0.4, 0.5) is 17.1 Å². The van der Waals surface area contributed by atoms with Gasteiger partial charge in [-0.05, 0) is 69.9 Å². The molecule has 0 unspecified atom stereocenters. The van der Waals surface area contributed by atoms with E-state index < -0.39 is 0 Å². The summed E-state index contributed by atoms with van der Waals surface area (Å²) in [6.07, 6.45) is 0. The van der Waals surface area contributed by atoms with Gasteiger partial charge in [0, 0.05) is 28.3 Å². The summed E-state index contributed by atoms with van der Waals surface area (Å²) in [5.74, 6) is 3.43. The van der Waals surface area contributed by atoms with E-state index in [1.54, 1.807) is 0 Å². The van der Waals surface area contributed by atoms with E-state index in [4.69, 9.17) is 9.47 Å². The predicted molar refractivity (Wildman–Crippen MR) is 182 cm³/mol. The zero-order valence-corrected chi connectivity index (χ0v) is 23.9. The summed E-state index contributed by atoms with van der Waals surface area (Å²) < 4.78 is 13.3. The third-order valence-electron chi connectivity index (χ3n) is 8.77. The predicted octanol–water partition coefficient (Wildman–Crippen LogP) is 8.70. The van der Waals surface area contributed by atoms with Crippen molar-refractivity contribution in [3.63, 3.8) is 0 Å². The van der Waals surface area contributed by atoms with Crippen molar-refractivity contribution in [2.24, 2.45) is 0 Å². The molecule has 7 aromatic carbocycles. The molecule has 0 saturated heterocycles. The van der Waals surface area contributed by atoms with Gasteiger partial charge in [-0.3, -0.25) is 0 Å². The largest absolute Gasteiger partial charge is 0.458 e. The third-order valence-corrected chi connectivity index (χ3v) is 8.77. The van der Waals surface area contributed by atoms with Crippen LogP contribution in [0.25, 0.3) is 21.9 Å². The number of anilines is 3. The van der Waals surface area contributed by atoms with Gasteiger partial charge < -0.3 is 14.4 Å². The zero-order chi connectivity index (χ0) is 29.0. The number of benzene rings is 7. The molecule has 2 heterocycles. The van der Waals surface area contributed by atoms with Crippen LogP contribution >= 0.6 is 0 Å². The Labute approximate surface area is 256 Å². The molecule has 9 rings (SSSR count). The molecule has 0 aliphatic carbocycles. The number of nitrogens with zero attached hydrogens (tertiary/aromatic N) is 1. The fraction of sp³-hybridized carbons (Fsp3) is 0. The number of fused-ring (bicyclic) bond motifs is 6. The molecule has 7 aromatic rings. The topological polar surface area (TPSA) is 21.7 Å². The van der Waals surface area contributed by atoms with Gasteiger partial charge in [0.2, 0.25) is 0 Å². The van der Waals surface area contributed by atoms with Gasteiger partial charge >= 0.3 is 0 Å². The molecule has 0 radical (unpaired) electrons. The zero-order valence-electron chi connectivity index (χ0n) is 23.9. The molecule has 2 aliphatic heterocycles. The van der Waals surface area contributed by atoms with Crippen LogP contribution in [0.15, 0.2) is 158 Å². The van der Waals surface area contributed by atoms with Crippen LogP contribution in [-0.4, -0.2) is 6.71 Å². The van der Waals surface area contributed by atoms with E-state index in [-0.39, 0.29) is 6.71 Å².